The number of amides is 2. The van der Waals surface area contributed by atoms with E-state index in [1.807, 2.05) is 4.90 Å². The molecule has 1 fully saturated rings. The molecule has 114 valence electrons. The van der Waals surface area contributed by atoms with Gasteiger partial charge in [-0.3, -0.25) is 9.69 Å². The van der Waals surface area contributed by atoms with Gasteiger partial charge in [0.25, 0.3) is 0 Å². The van der Waals surface area contributed by atoms with Gasteiger partial charge in [-0.15, -0.1) is 0 Å². The van der Waals surface area contributed by atoms with Crippen LogP contribution in [0.15, 0.2) is 24.3 Å². The molecule has 7 heteroatoms. The van der Waals surface area contributed by atoms with Crippen molar-refractivity contribution in [1.82, 2.24) is 9.80 Å². The Hall–Kier alpha value is -2.15. The fourth-order valence-corrected chi connectivity index (χ4v) is 2.20. The van der Waals surface area contributed by atoms with Crippen LogP contribution in [0.4, 0.5) is 14.9 Å². The Bertz CT molecular complexity index is 516. The van der Waals surface area contributed by atoms with Crippen molar-refractivity contribution < 1.29 is 19.1 Å². The van der Waals surface area contributed by atoms with Gasteiger partial charge in [0.05, 0.1) is 6.42 Å². The number of urea groups is 1. The lowest BCUT2D eigenvalue weighted by atomic mass is 10.3. The van der Waals surface area contributed by atoms with E-state index in [2.05, 4.69) is 5.32 Å². The summed E-state index contributed by atoms with van der Waals surface area (Å²) in [5.74, 6) is -1.22. The molecule has 0 radical (unpaired) electrons. The van der Waals surface area contributed by atoms with Crippen molar-refractivity contribution in [2.75, 3.05) is 38.0 Å². The normalized spacial score (nSPS) is 15.8. The number of rotatable bonds is 4. The number of halogens is 1. The predicted octanol–water partition coefficient (Wildman–Crippen LogP) is 1.45. The number of nitrogens with one attached hydrogen (secondary N) is 1. The molecule has 1 aromatic carbocycles. The molecule has 0 aromatic heterocycles. The van der Waals surface area contributed by atoms with Gasteiger partial charge in [-0.2, -0.15) is 0 Å². The number of benzene rings is 1. The number of aliphatic carboxylic acids is 1. The zero-order chi connectivity index (χ0) is 15.2. The Labute approximate surface area is 122 Å². The van der Waals surface area contributed by atoms with Gasteiger partial charge in [0.2, 0.25) is 0 Å². The lowest BCUT2D eigenvalue weighted by Crippen LogP contribution is -2.50. The third kappa shape index (κ3) is 4.71. The van der Waals surface area contributed by atoms with Gasteiger partial charge in [-0.05, 0) is 18.2 Å². The van der Waals surface area contributed by atoms with Gasteiger partial charge < -0.3 is 15.3 Å². The maximum atomic E-state index is 13.0. The summed E-state index contributed by atoms with van der Waals surface area (Å²) in [4.78, 5) is 26.2. The number of carbonyl (C=O) groups is 2. The summed E-state index contributed by atoms with van der Waals surface area (Å²) in [6.07, 6.45) is 0.107. The smallest absolute Gasteiger partial charge is 0.321 e. The molecule has 1 aliphatic rings. The molecule has 1 heterocycles. The molecular weight excluding hydrogens is 277 g/mol. The van der Waals surface area contributed by atoms with Crippen LogP contribution in [-0.4, -0.2) is 59.6 Å². The van der Waals surface area contributed by atoms with E-state index in [1.54, 1.807) is 11.0 Å². The monoisotopic (exact) mass is 295 g/mol. The predicted molar refractivity (Wildman–Crippen MR) is 75.7 cm³/mol. The van der Waals surface area contributed by atoms with E-state index in [4.69, 9.17) is 5.11 Å². The second-order valence-corrected chi connectivity index (χ2v) is 4.91. The van der Waals surface area contributed by atoms with Crippen molar-refractivity contribution in [3.63, 3.8) is 0 Å². The first-order chi connectivity index (χ1) is 10.0. The molecule has 2 rings (SSSR count). The van der Waals surface area contributed by atoms with E-state index < -0.39 is 11.8 Å². The molecule has 1 aromatic rings. The molecule has 6 nitrogen and oxygen atoms in total. The molecule has 2 N–H and O–H groups in total. The summed E-state index contributed by atoms with van der Waals surface area (Å²) >= 11 is 0. The van der Waals surface area contributed by atoms with E-state index >= 15 is 0 Å². The molecule has 0 bridgehead atoms. The van der Waals surface area contributed by atoms with Gasteiger partial charge in [0, 0.05) is 38.4 Å². The zero-order valence-electron chi connectivity index (χ0n) is 11.6. The summed E-state index contributed by atoms with van der Waals surface area (Å²) in [5.41, 5.74) is 0.424. The van der Waals surface area contributed by atoms with Crippen molar-refractivity contribution in [3.8, 4) is 0 Å². The van der Waals surface area contributed by atoms with E-state index in [0.717, 1.165) is 0 Å². The van der Waals surface area contributed by atoms with Crippen LogP contribution in [0.2, 0.25) is 0 Å². The number of hydrogen-bond donors (Lipinski definition) is 2. The standard InChI is InChI=1S/C14H18FN3O3/c15-11-2-1-3-12(10-11)16-14(21)18-8-6-17(7-9-18)5-4-13(19)20/h1-3,10H,4-9H2,(H,16,21)(H,19,20). The lowest BCUT2D eigenvalue weighted by molar-refractivity contribution is -0.137. The highest BCUT2D eigenvalue weighted by Crippen LogP contribution is 2.11. The van der Waals surface area contributed by atoms with Crippen LogP contribution in [0, 0.1) is 5.82 Å². The summed E-state index contributed by atoms with van der Waals surface area (Å²) < 4.78 is 13.0. The molecule has 0 aliphatic carbocycles. The quantitative estimate of drug-likeness (QED) is 0.882. The summed E-state index contributed by atoms with van der Waals surface area (Å²) in [6, 6.07) is 5.48. The number of anilines is 1. The summed E-state index contributed by atoms with van der Waals surface area (Å²) in [7, 11) is 0. The van der Waals surface area contributed by atoms with Crippen LogP contribution in [0.3, 0.4) is 0 Å². The molecule has 0 unspecified atom stereocenters. The second kappa shape index (κ2) is 7.03. The van der Waals surface area contributed by atoms with Crippen LogP contribution in [-0.2, 0) is 4.79 Å². The third-order valence-electron chi connectivity index (χ3n) is 3.38. The average Bonchev–Trinajstić information content (AvgIpc) is 2.45. The highest BCUT2D eigenvalue weighted by molar-refractivity contribution is 5.89. The fourth-order valence-electron chi connectivity index (χ4n) is 2.20. The highest BCUT2D eigenvalue weighted by Gasteiger charge is 2.21. The van der Waals surface area contributed by atoms with Crippen LogP contribution in [0.1, 0.15) is 6.42 Å². The summed E-state index contributed by atoms with van der Waals surface area (Å²) in [6.45, 7) is 2.84. The summed E-state index contributed by atoms with van der Waals surface area (Å²) in [5, 5.41) is 11.3. The Morgan fingerprint density at radius 3 is 2.57 bits per heavy atom. The topological polar surface area (TPSA) is 72.9 Å². The first-order valence-electron chi connectivity index (χ1n) is 6.80. The minimum absolute atomic E-state index is 0.107. The Balaban J connectivity index is 1.79. The molecule has 0 spiro atoms. The number of nitrogens with zero attached hydrogens (tertiary/aromatic N) is 2. The van der Waals surface area contributed by atoms with Crippen molar-refractivity contribution in [3.05, 3.63) is 30.1 Å². The van der Waals surface area contributed by atoms with Gasteiger partial charge in [0.1, 0.15) is 5.82 Å². The Kier molecular flexibility index (Phi) is 5.10. The van der Waals surface area contributed by atoms with Crippen molar-refractivity contribution in [2.24, 2.45) is 0 Å². The van der Waals surface area contributed by atoms with Crippen molar-refractivity contribution in [2.45, 2.75) is 6.42 Å². The molecule has 1 saturated heterocycles. The van der Waals surface area contributed by atoms with Crippen molar-refractivity contribution >= 4 is 17.7 Å². The van der Waals surface area contributed by atoms with Crippen LogP contribution in [0.25, 0.3) is 0 Å². The maximum absolute atomic E-state index is 13.0. The Morgan fingerprint density at radius 1 is 1.24 bits per heavy atom. The molecule has 21 heavy (non-hydrogen) atoms. The minimum Gasteiger partial charge on any atom is -0.481 e. The molecular formula is C14H18FN3O3. The molecule has 0 atom stereocenters. The van der Waals surface area contributed by atoms with Gasteiger partial charge >= 0.3 is 12.0 Å². The SMILES string of the molecule is O=C(O)CCN1CCN(C(=O)Nc2cccc(F)c2)CC1. The van der Waals surface area contributed by atoms with Crippen LogP contribution < -0.4 is 5.32 Å². The van der Waals surface area contributed by atoms with E-state index in [9.17, 15) is 14.0 Å². The largest absolute Gasteiger partial charge is 0.481 e. The lowest BCUT2D eigenvalue weighted by Gasteiger charge is -2.34. The number of piperazine rings is 1. The van der Waals surface area contributed by atoms with Crippen molar-refractivity contribution in [1.29, 1.82) is 0 Å². The third-order valence-corrected chi connectivity index (χ3v) is 3.38. The van der Waals surface area contributed by atoms with Crippen LogP contribution >= 0.6 is 0 Å². The number of carbonyl (C=O) groups excluding carboxylic acids is 1. The molecule has 2 amide bonds. The number of hydrogen-bond acceptors (Lipinski definition) is 3. The van der Waals surface area contributed by atoms with E-state index in [1.165, 1.54) is 18.2 Å². The van der Waals surface area contributed by atoms with Crippen LogP contribution in [0.5, 0.6) is 0 Å². The second-order valence-electron chi connectivity index (χ2n) is 4.91. The van der Waals surface area contributed by atoms with Gasteiger partial charge in [-0.25, -0.2) is 9.18 Å². The average molecular weight is 295 g/mol. The minimum atomic E-state index is -0.818. The van der Waals surface area contributed by atoms with E-state index in [0.29, 0.717) is 38.4 Å². The highest BCUT2D eigenvalue weighted by atomic mass is 19.1. The molecule has 0 saturated carbocycles. The number of carboxylic acids is 1. The van der Waals surface area contributed by atoms with Gasteiger partial charge in [-0.1, -0.05) is 6.07 Å². The fraction of sp³-hybridized carbons (Fsp3) is 0.429. The zero-order valence-corrected chi connectivity index (χ0v) is 11.6. The van der Waals surface area contributed by atoms with E-state index in [-0.39, 0.29) is 12.5 Å². The molecule has 1 aliphatic heterocycles. The van der Waals surface area contributed by atoms with Gasteiger partial charge in [0.15, 0.2) is 0 Å². The first-order valence-corrected chi connectivity index (χ1v) is 6.80. The Morgan fingerprint density at radius 2 is 1.95 bits per heavy atom. The first kappa shape index (κ1) is 15.2. The number of carboxylic acid groups (broad SMARTS) is 1. The maximum Gasteiger partial charge on any atom is 0.321 e.